The number of hydrogen-bond acceptors (Lipinski definition) is 4. The van der Waals surface area contributed by atoms with Crippen molar-refractivity contribution in [3.8, 4) is 0 Å². The van der Waals surface area contributed by atoms with Gasteiger partial charge in [-0.1, -0.05) is 19.9 Å². The first-order valence-corrected chi connectivity index (χ1v) is 9.78. The lowest BCUT2D eigenvalue weighted by molar-refractivity contribution is -0.110. The van der Waals surface area contributed by atoms with Crippen LogP contribution in [0.3, 0.4) is 0 Å². The number of nitrogens with one attached hydrogen (secondary N) is 3. The Bertz CT molecular complexity index is 925. The molecule has 1 atom stereocenters. The van der Waals surface area contributed by atoms with Gasteiger partial charge >= 0.3 is 0 Å². The van der Waals surface area contributed by atoms with Crippen molar-refractivity contribution in [2.45, 2.75) is 26.8 Å². The Labute approximate surface area is 169 Å². The fourth-order valence-electron chi connectivity index (χ4n) is 3.40. The van der Waals surface area contributed by atoms with Gasteiger partial charge in [-0.05, 0) is 50.3 Å². The number of benzene rings is 2. The number of amides is 1. The maximum Gasteiger partial charge on any atom is 0.257 e. The average molecular weight is 400 g/mol. The minimum absolute atomic E-state index is 0.0898. The molecule has 2 aromatic carbocycles. The number of carbonyl (C=O) groups excluding carboxylic acids is 1. The largest absolute Gasteiger partial charge is 0.379 e. The van der Waals surface area contributed by atoms with E-state index in [0.717, 1.165) is 19.6 Å². The summed E-state index contributed by atoms with van der Waals surface area (Å²) >= 11 is 0. The highest BCUT2D eigenvalue weighted by Crippen LogP contribution is 2.33. The highest BCUT2D eigenvalue weighted by atomic mass is 19.1. The van der Waals surface area contributed by atoms with Gasteiger partial charge in [0.2, 0.25) is 0 Å². The second-order valence-electron chi connectivity index (χ2n) is 7.04. The standard InChI is InChI=1S/C22H26F2N4O/c1-4-28(5-2)13-14(3)26-19-10-9-15(11-18(19)24)25-12-16-21-17(23)7-6-8-20(21)27-22(16)29/h6-12,14,25-26H,4-5,13H2,1-3H3,(H,27,29)/b16-12+. The maximum absolute atomic E-state index is 14.5. The number of nitrogens with zero attached hydrogens (tertiary/aromatic N) is 1. The predicted molar refractivity (Wildman–Crippen MR) is 114 cm³/mol. The zero-order valence-corrected chi connectivity index (χ0v) is 16.9. The quantitative estimate of drug-likeness (QED) is 0.571. The number of anilines is 3. The van der Waals surface area contributed by atoms with Gasteiger partial charge in [-0.3, -0.25) is 4.79 Å². The van der Waals surface area contributed by atoms with Crippen LogP contribution in [0.5, 0.6) is 0 Å². The lowest BCUT2D eigenvalue weighted by Gasteiger charge is -2.24. The van der Waals surface area contributed by atoms with Gasteiger partial charge in [-0.25, -0.2) is 8.78 Å². The molecule has 29 heavy (non-hydrogen) atoms. The van der Waals surface area contributed by atoms with Crippen LogP contribution in [0.15, 0.2) is 42.6 Å². The van der Waals surface area contributed by atoms with Crippen LogP contribution in [0.1, 0.15) is 26.3 Å². The van der Waals surface area contributed by atoms with Crippen molar-refractivity contribution >= 4 is 28.5 Å². The summed E-state index contributed by atoms with van der Waals surface area (Å²) in [6, 6.07) is 9.27. The number of rotatable bonds is 8. The molecule has 154 valence electrons. The molecule has 1 amide bonds. The molecule has 0 fully saturated rings. The SMILES string of the molecule is CCN(CC)CC(C)Nc1ccc(N/C=C2/C(=O)Nc3cccc(F)c32)cc1F. The summed E-state index contributed by atoms with van der Waals surface area (Å²) in [5.41, 5.74) is 1.70. The summed E-state index contributed by atoms with van der Waals surface area (Å²) in [4.78, 5) is 14.4. The number of fused-ring (bicyclic) bond motifs is 1. The molecule has 0 saturated carbocycles. The summed E-state index contributed by atoms with van der Waals surface area (Å²) in [6.45, 7) is 8.92. The molecule has 1 unspecified atom stereocenters. The van der Waals surface area contributed by atoms with Gasteiger partial charge in [0, 0.05) is 30.0 Å². The molecule has 3 rings (SSSR count). The van der Waals surface area contributed by atoms with Crippen LogP contribution in [0.25, 0.3) is 5.57 Å². The first-order chi connectivity index (χ1) is 13.9. The van der Waals surface area contributed by atoms with E-state index in [1.807, 2.05) is 6.92 Å². The van der Waals surface area contributed by atoms with Crippen LogP contribution >= 0.6 is 0 Å². The van der Waals surface area contributed by atoms with E-state index < -0.39 is 17.5 Å². The number of carbonyl (C=O) groups is 1. The summed E-state index contributed by atoms with van der Waals surface area (Å²) in [6.07, 6.45) is 1.40. The molecule has 1 aliphatic heterocycles. The third-order valence-electron chi connectivity index (χ3n) is 4.96. The molecule has 0 saturated heterocycles. The van der Waals surface area contributed by atoms with Crippen LogP contribution in [0.2, 0.25) is 0 Å². The molecule has 0 aromatic heterocycles. The zero-order chi connectivity index (χ0) is 21.0. The topological polar surface area (TPSA) is 56.4 Å². The van der Waals surface area contributed by atoms with Crippen molar-refractivity contribution in [2.75, 3.05) is 35.6 Å². The molecule has 7 heteroatoms. The predicted octanol–water partition coefficient (Wildman–Crippen LogP) is 4.51. The van der Waals surface area contributed by atoms with Crippen molar-refractivity contribution in [1.29, 1.82) is 0 Å². The average Bonchev–Trinajstić information content (AvgIpc) is 3.02. The van der Waals surface area contributed by atoms with Crippen LogP contribution in [0, 0.1) is 11.6 Å². The number of hydrogen-bond donors (Lipinski definition) is 3. The van der Waals surface area contributed by atoms with Crippen LogP contribution < -0.4 is 16.0 Å². The van der Waals surface area contributed by atoms with E-state index in [9.17, 15) is 13.6 Å². The van der Waals surface area contributed by atoms with E-state index in [1.165, 1.54) is 24.4 Å². The summed E-state index contributed by atoms with van der Waals surface area (Å²) in [5.74, 6) is -1.29. The Balaban J connectivity index is 1.70. The molecule has 1 aliphatic rings. The number of halogens is 2. The van der Waals surface area contributed by atoms with Gasteiger partial charge < -0.3 is 20.9 Å². The molecule has 2 aromatic rings. The van der Waals surface area contributed by atoms with Crippen LogP contribution in [0.4, 0.5) is 25.8 Å². The van der Waals surface area contributed by atoms with Gasteiger partial charge in [-0.15, -0.1) is 0 Å². The highest BCUT2D eigenvalue weighted by molar-refractivity contribution is 6.31. The molecular formula is C22H26F2N4O. The molecule has 0 aliphatic carbocycles. The van der Waals surface area contributed by atoms with Gasteiger partial charge in [0.1, 0.15) is 11.6 Å². The van der Waals surface area contributed by atoms with E-state index in [-0.39, 0.29) is 17.2 Å². The molecule has 5 nitrogen and oxygen atoms in total. The van der Waals surface area contributed by atoms with Gasteiger partial charge in [0.15, 0.2) is 0 Å². The van der Waals surface area contributed by atoms with Crippen molar-refractivity contribution < 1.29 is 13.6 Å². The van der Waals surface area contributed by atoms with Crippen LogP contribution in [-0.4, -0.2) is 36.5 Å². The van der Waals surface area contributed by atoms with E-state index in [0.29, 0.717) is 17.1 Å². The zero-order valence-electron chi connectivity index (χ0n) is 16.9. The molecule has 0 bridgehead atoms. The normalized spacial score (nSPS) is 15.4. The maximum atomic E-state index is 14.5. The van der Waals surface area contributed by atoms with Gasteiger partial charge in [-0.2, -0.15) is 0 Å². The first kappa shape index (κ1) is 20.8. The summed E-state index contributed by atoms with van der Waals surface area (Å²) in [5, 5.41) is 8.70. The molecular weight excluding hydrogens is 374 g/mol. The number of likely N-dealkylation sites (N-methyl/N-ethyl adjacent to an activating group) is 1. The second kappa shape index (κ2) is 9.05. The van der Waals surface area contributed by atoms with Gasteiger partial charge in [0.25, 0.3) is 5.91 Å². The lowest BCUT2D eigenvalue weighted by atomic mass is 10.1. The Morgan fingerprint density at radius 3 is 2.59 bits per heavy atom. The molecule has 0 radical (unpaired) electrons. The highest BCUT2D eigenvalue weighted by Gasteiger charge is 2.27. The Morgan fingerprint density at radius 2 is 1.90 bits per heavy atom. The van der Waals surface area contributed by atoms with Gasteiger partial charge in [0.05, 0.1) is 16.9 Å². The monoisotopic (exact) mass is 400 g/mol. The van der Waals surface area contributed by atoms with Crippen molar-refractivity contribution in [3.05, 3.63) is 59.8 Å². The summed E-state index contributed by atoms with van der Waals surface area (Å²) in [7, 11) is 0. The minimum Gasteiger partial charge on any atom is -0.379 e. The molecule has 1 heterocycles. The van der Waals surface area contributed by atoms with Crippen molar-refractivity contribution in [1.82, 2.24) is 4.90 Å². The van der Waals surface area contributed by atoms with E-state index in [4.69, 9.17) is 0 Å². The van der Waals surface area contributed by atoms with Crippen LogP contribution in [-0.2, 0) is 4.79 Å². The van der Waals surface area contributed by atoms with E-state index in [2.05, 4.69) is 34.7 Å². The Hall–Kier alpha value is -2.93. The van der Waals surface area contributed by atoms with E-state index >= 15 is 0 Å². The first-order valence-electron chi connectivity index (χ1n) is 9.78. The summed E-state index contributed by atoms with van der Waals surface area (Å²) < 4.78 is 28.6. The smallest absolute Gasteiger partial charge is 0.257 e. The Kier molecular flexibility index (Phi) is 6.49. The fraction of sp³-hybridized carbons (Fsp3) is 0.318. The Morgan fingerprint density at radius 1 is 1.14 bits per heavy atom. The molecule has 3 N–H and O–H groups in total. The van der Waals surface area contributed by atoms with Crippen molar-refractivity contribution in [3.63, 3.8) is 0 Å². The van der Waals surface area contributed by atoms with E-state index in [1.54, 1.807) is 18.2 Å². The molecule has 0 spiro atoms. The lowest BCUT2D eigenvalue weighted by Crippen LogP contribution is -2.34. The fourth-order valence-corrected chi connectivity index (χ4v) is 3.40. The minimum atomic E-state index is -0.484. The third kappa shape index (κ3) is 4.74. The van der Waals surface area contributed by atoms with Crippen molar-refractivity contribution in [2.24, 2.45) is 0 Å². The third-order valence-corrected chi connectivity index (χ3v) is 4.96. The second-order valence-corrected chi connectivity index (χ2v) is 7.04.